The number of piperidine rings is 1. The average Bonchev–Trinajstić information content (AvgIpc) is 2.26. The van der Waals surface area contributed by atoms with E-state index >= 15 is 0 Å². The van der Waals surface area contributed by atoms with Crippen LogP contribution in [0.15, 0.2) is 0 Å². The van der Waals surface area contributed by atoms with Gasteiger partial charge in [-0.1, -0.05) is 39.5 Å². The Kier molecular flexibility index (Phi) is 7.18. The van der Waals surface area contributed by atoms with Crippen LogP contribution in [-0.2, 0) is 0 Å². The van der Waals surface area contributed by atoms with E-state index in [0.29, 0.717) is 0 Å². The molecule has 2 rings (SSSR count). The van der Waals surface area contributed by atoms with Gasteiger partial charge in [-0.25, -0.2) is 0 Å². The number of hydrogen-bond acceptors (Lipinski definition) is 1. The molecule has 0 unspecified atom stereocenters. The van der Waals surface area contributed by atoms with Crippen LogP contribution in [-0.4, -0.2) is 24.0 Å². The van der Waals surface area contributed by atoms with Crippen LogP contribution in [0.4, 0.5) is 0 Å². The highest BCUT2D eigenvalue weighted by Crippen LogP contribution is 2.31. The van der Waals surface area contributed by atoms with Crippen LogP contribution in [0.25, 0.3) is 0 Å². The van der Waals surface area contributed by atoms with E-state index in [0.717, 1.165) is 17.9 Å². The van der Waals surface area contributed by atoms with Gasteiger partial charge in [0.15, 0.2) is 0 Å². The molecule has 1 heterocycles. The Hall–Kier alpha value is -0.0400. The van der Waals surface area contributed by atoms with Gasteiger partial charge in [0.25, 0.3) is 0 Å². The molecule has 0 aromatic rings. The molecule has 0 radical (unpaired) electrons. The van der Waals surface area contributed by atoms with Gasteiger partial charge in [0.05, 0.1) is 0 Å². The number of nitrogens with zero attached hydrogens (tertiary/aromatic N) is 1. The van der Waals surface area contributed by atoms with E-state index < -0.39 is 0 Å². The summed E-state index contributed by atoms with van der Waals surface area (Å²) in [4.78, 5) is 2.56. The van der Waals surface area contributed by atoms with Gasteiger partial charge in [-0.3, -0.25) is 0 Å². The van der Waals surface area contributed by atoms with E-state index in [2.05, 4.69) is 32.6 Å². The molecule has 0 N–H and O–H groups in total. The number of hydrogen-bond donors (Lipinski definition) is 0. The zero-order valence-electron chi connectivity index (χ0n) is 12.5. The normalized spacial score (nSPS) is 22.2. The third-order valence-corrected chi connectivity index (χ3v) is 4.15. The van der Waals surface area contributed by atoms with Gasteiger partial charge in [-0.2, -0.15) is 0 Å². The molecule has 1 nitrogen and oxygen atoms in total. The Balaban J connectivity index is 0.000000171. The summed E-state index contributed by atoms with van der Waals surface area (Å²) in [5, 5.41) is 0. The predicted octanol–water partition coefficient (Wildman–Crippen LogP) is 4.71. The Labute approximate surface area is 109 Å². The Bertz CT molecular complexity index is 176. The molecule has 1 saturated heterocycles. The molecule has 1 aliphatic heterocycles. The largest absolute Gasteiger partial charge is 0.301 e. The second-order valence-corrected chi connectivity index (χ2v) is 6.62. The van der Waals surface area contributed by atoms with Crippen LogP contribution in [0.2, 0.25) is 0 Å². The summed E-state index contributed by atoms with van der Waals surface area (Å²) in [7, 11) is 0. The fourth-order valence-electron chi connectivity index (χ4n) is 2.83. The molecule has 2 aliphatic rings. The highest BCUT2D eigenvalue weighted by Gasteiger charge is 2.17. The van der Waals surface area contributed by atoms with E-state index in [9.17, 15) is 0 Å². The SMILES string of the molecule is CC(C)CC1CCC1.CC(C)N1CCCCC1. The molecule has 17 heavy (non-hydrogen) atoms. The zero-order valence-corrected chi connectivity index (χ0v) is 12.5. The highest BCUT2D eigenvalue weighted by molar-refractivity contribution is 4.70. The quantitative estimate of drug-likeness (QED) is 0.689. The van der Waals surface area contributed by atoms with Crippen molar-refractivity contribution in [2.45, 2.75) is 78.7 Å². The minimum Gasteiger partial charge on any atom is -0.301 e. The molecule has 0 aromatic heterocycles. The number of likely N-dealkylation sites (tertiary alicyclic amines) is 1. The van der Waals surface area contributed by atoms with Crippen LogP contribution in [0.1, 0.15) is 72.6 Å². The van der Waals surface area contributed by atoms with Crippen LogP contribution in [0.3, 0.4) is 0 Å². The third kappa shape index (κ3) is 6.45. The fraction of sp³-hybridized carbons (Fsp3) is 1.00. The molecule has 0 aromatic carbocycles. The average molecular weight is 239 g/mol. The van der Waals surface area contributed by atoms with Crippen molar-refractivity contribution in [1.82, 2.24) is 4.90 Å². The van der Waals surface area contributed by atoms with Gasteiger partial charge in [0.2, 0.25) is 0 Å². The standard InChI is InChI=1S/C8H17N.C8H16/c1-8(2)9-6-4-3-5-7-9;1-7(2)6-8-4-3-5-8/h8H,3-7H2,1-2H3;7-8H,3-6H2,1-2H3. The van der Waals surface area contributed by atoms with Crippen molar-refractivity contribution >= 4 is 0 Å². The second kappa shape index (κ2) is 8.13. The van der Waals surface area contributed by atoms with E-state index in [1.165, 1.54) is 58.0 Å². The van der Waals surface area contributed by atoms with Gasteiger partial charge >= 0.3 is 0 Å². The van der Waals surface area contributed by atoms with Crippen molar-refractivity contribution in [3.05, 3.63) is 0 Å². The first-order valence-corrected chi connectivity index (χ1v) is 7.83. The molecule has 0 amide bonds. The molecular formula is C16H33N. The van der Waals surface area contributed by atoms with Crippen molar-refractivity contribution in [3.8, 4) is 0 Å². The lowest BCUT2D eigenvalue weighted by molar-refractivity contribution is 0.185. The molecule has 0 bridgehead atoms. The monoisotopic (exact) mass is 239 g/mol. The molecule has 102 valence electrons. The molecule has 1 aliphatic carbocycles. The van der Waals surface area contributed by atoms with Crippen molar-refractivity contribution in [2.75, 3.05) is 13.1 Å². The summed E-state index contributed by atoms with van der Waals surface area (Å²) in [6.07, 6.45) is 10.3. The molecule has 0 atom stereocenters. The minimum atomic E-state index is 0.769. The summed E-state index contributed by atoms with van der Waals surface area (Å²) in [6, 6.07) is 0.769. The predicted molar refractivity (Wildman–Crippen MR) is 77.4 cm³/mol. The molecule has 0 spiro atoms. The summed E-state index contributed by atoms with van der Waals surface area (Å²) in [5.74, 6) is 2.04. The molecular weight excluding hydrogens is 206 g/mol. The van der Waals surface area contributed by atoms with Crippen LogP contribution in [0, 0.1) is 11.8 Å². The Morgan fingerprint density at radius 1 is 0.882 bits per heavy atom. The van der Waals surface area contributed by atoms with Gasteiger partial charge < -0.3 is 4.90 Å². The van der Waals surface area contributed by atoms with Crippen molar-refractivity contribution in [3.63, 3.8) is 0 Å². The van der Waals surface area contributed by atoms with Gasteiger partial charge in [-0.15, -0.1) is 0 Å². The van der Waals surface area contributed by atoms with E-state index in [1.54, 1.807) is 0 Å². The summed E-state index contributed by atoms with van der Waals surface area (Å²) < 4.78 is 0. The maximum absolute atomic E-state index is 2.56. The van der Waals surface area contributed by atoms with Gasteiger partial charge in [-0.05, 0) is 58.0 Å². The minimum absolute atomic E-state index is 0.769. The first kappa shape index (κ1) is 15.0. The van der Waals surface area contributed by atoms with Crippen molar-refractivity contribution in [1.29, 1.82) is 0 Å². The first-order valence-electron chi connectivity index (χ1n) is 7.83. The lowest BCUT2D eigenvalue weighted by Crippen LogP contribution is -2.35. The molecule has 1 saturated carbocycles. The van der Waals surface area contributed by atoms with Gasteiger partial charge in [0.1, 0.15) is 0 Å². The van der Waals surface area contributed by atoms with Crippen LogP contribution < -0.4 is 0 Å². The zero-order chi connectivity index (χ0) is 12.7. The highest BCUT2D eigenvalue weighted by atomic mass is 15.1. The lowest BCUT2D eigenvalue weighted by atomic mass is 9.80. The van der Waals surface area contributed by atoms with E-state index in [-0.39, 0.29) is 0 Å². The van der Waals surface area contributed by atoms with E-state index in [1.807, 2.05) is 0 Å². The smallest absolute Gasteiger partial charge is 0.00385 e. The van der Waals surface area contributed by atoms with Crippen molar-refractivity contribution < 1.29 is 0 Å². The maximum atomic E-state index is 2.56. The van der Waals surface area contributed by atoms with Gasteiger partial charge in [0, 0.05) is 6.04 Å². The van der Waals surface area contributed by atoms with Crippen LogP contribution >= 0.6 is 0 Å². The lowest BCUT2D eigenvalue weighted by Gasteiger charge is -2.29. The van der Waals surface area contributed by atoms with Crippen LogP contribution in [0.5, 0.6) is 0 Å². The Morgan fingerprint density at radius 3 is 1.71 bits per heavy atom. The first-order chi connectivity index (χ1) is 8.09. The Morgan fingerprint density at radius 2 is 1.47 bits per heavy atom. The number of rotatable bonds is 3. The fourth-order valence-corrected chi connectivity index (χ4v) is 2.83. The summed E-state index contributed by atoms with van der Waals surface area (Å²) in [6.45, 7) is 11.9. The summed E-state index contributed by atoms with van der Waals surface area (Å²) in [5.41, 5.74) is 0. The maximum Gasteiger partial charge on any atom is 0.00385 e. The van der Waals surface area contributed by atoms with Crippen molar-refractivity contribution in [2.24, 2.45) is 11.8 Å². The molecule has 1 heteroatoms. The van der Waals surface area contributed by atoms with E-state index in [4.69, 9.17) is 0 Å². The summed E-state index contributed by atoms with van der Waals surface area (Å²) >= 11 is 0. The second-order valence-electron chi connectivity index (χ2n) is 6.62. The molecule has 2 fully saturated rings. The topological polar surface area (TPSA) is 3.24 Å². The third-order valence-electron chi connectivity index (χ3n) is 4.15.